The van der Waals surface area contributed by atoms with Crippen LogP contribution in [0.1, 0.15) is 26.7 Å². The Labute approximate surface area is 98.7 Å². The topological polar surface area (TPSA) is 55.4 Å². The van der Waals surface area contributed by atoms with Crippen LogP contribution in [-0.2, 0) is 14.6 Å². The van der Waals surface area contributed by atoms with Crippen LogP contribution in [0.2, 0.25) is 0 Å². The zero-order chi connectivity index (χ0) is 12.2. The van der Waals surface area contributed by atoms with E-state index in [1.165, 1.54) is 12.7 Å². The van der Waals surface area contributed by atoms with Crippen molar-refractivity contribution in [1.29, 1.82) is 0 Å². The van der Waals surface area contributed by atoms with Gasteiger partial charge in [0.1, 0.15) is 0 Å². The lowest BCUT2D eigenvalue weighted by atomic mass is 10.0. The third-order valence-electron chi connectivity index (χ3n) is 3.24. The molecule has 4 nitrogen and oxygen atoms in total. The standard InChI is InChI=1S/C11H23NO3S/c1-11(2,16(3,13)14)9-12-7-10-5-4-6-15-8-10/h10,12H,4-9H2,1-3H3. The second-order valence-corrected chi connectivity index (χ2v) is 7.90. The molecule has 0 aliphatic carbocycles. The molecule has 0 aromatic rings. The quantitative estimate of drug-likeness (QED) is 0.784. The van der Waals surface area contributed by atoms with Crippen LogP contribution in [0.5, 0.6) is 0 Å². The molecule has 1 heterocycles. The Balaban J connectivity index is 2.29. The van der Waals surface area contributed by atoms with Crippen LogP contribution in [0, 0.1) is 5.92 Å². The molecule has 1 unspecified atom stereocenters. The second-order valence-electron chi connectivity index (χ2n) is 5.25. The normalized spacial score (nSPS) is 23.3. The fourth-order valence-electron chi connectivity index (χ4n) is 1.68. The summed E-state index contributed by atoms with van der Waals surface area (Å²) in [5.74, 6) is 0.532. The van der Waals surface area contributed by atoms with Crippen molar-refractivity contribution in [1.82, 2.24) is 5.32 Å². The van der Waals surface area contributed by atoms with E-state index in [2.05, 4.69) is 5.32 Å². The molecule has 16 heavy (non-hydrogen) atoms. The molecule has 1 aliphatic heterocycles. The zero-order valence-corrected chi connectivity index (χ0v) is 11.3. The summed E-state index contributed by atoms with van der Waals surface area (Å²) in [4.78, 5) is 0. The third-order valence-corrected chi connectivity index (χ3v) is 5.39. The summed E-state index contributed by atoms with van der Waals surface area (Å²) in [7, 11) is -3.00. The summed E-state index contributed by atoms with van der Waals surface area (Å²) >= 11 is 0. The lowest BCUT2D eigenvalue weighted by Crippen LogP contribution is -2.43. The predicted octanol–water partition coefficient (Wildman–Crippen LogP) is 0.826. The average Bonchev–Trinajstić information content (AvgIpc) is 2.17. The van der Waals surface area contributed by atoms with Crippen molar-refractivity contribution in [3.05, 3.63) is 0 Å². The molecule has 5 heteroatoms. The molecule has 0 amide bonds. The third kappa shape index (κ3) is 4.03. The monoisotopic (exact) mass is 249 g/mol. The summed E-state index contributed by atoms with van der Waals surface area (Å²) in [6, 6.07) is 0. The molecular weight excluding hydrogens is 226 g/mol. The lowest BCUT2D eigenvalue weighted by molar-refractivity contribution is 0.0547. The highest BCUT2D eigenvalue weighted by Gasteiger charge is 2.29. The van der Waals surface area contributed by atoms with Gasteiger partial charge in [0.15, 0.2) is 9.84 Å². The van der Waals surface area contributed by atoms with E-state index in [9.17, 15) is 8.42 Å². The van der Waals surface area contributed by atoms with Crippen molar-refractivity contribution in [2.45, 2.75) is 31.4 Å². The van der Waals surface area contributed by atoms with Crippen molar-refractivity contribution in [3.8, 4) is 0 Å². The maximum Gasteiger partial charge on any atom is 0.153 e. The summed E-state index contributed by atoms with van der Waals surface area (Å²) in [6.45, 7) is 6.53. The van der Waals surface area contributed by atoms with Crippen molar-refractivity contribution < 1.29 is 13.2 Å². The van der Waals surface area contributed by atoms with Gasteiger partial charge in [0, 0.05) is 26.0 Å². The molecule has 0 aromatic carbocycles. The average molecular weight is 249 g/mol. The van der Waals surface area contributed by atoms with Gasteiger partial charge >= 0.3 is 0 Å². The van der Waals surface area contributed by atoms with Gasteiger partial charge in [-0.05, 0) is 32.6 Å². The zero-order valence-electron chi connectivity index (χ0n) is 10.5. The molecule has 1 aliphatic rings. The number of hydrogen-bond acceptors (Lipinski definition) is 4. The summed E-state index contributed by atoms with van der Waals surface area (Å²) < 4.78 is 27.6. The van der Waals surface area contributed by atoms with Crippen LogP contribution in [-0.4, -0.2) is 45.7 Å². The smallest absolute Gasteiger partial charge is 0.153 e. The molecule has 0 saturated carbocycles. The molecule has 0 aromatic heterocycles. The first kappa shape index (κ1) is 13.9. The maximum atomic E-state index is 11.5. The number of hydrogen-bond donors (Lipinski definition) is 1. The van der Waals surface area contributed by atoms with Gasteiger partial charge < -0.3 is 10.1 Å². The van der Waals surface area contributed by atoms with Crippen LogP contribution in [0.25, 0.3) is 0 Å². The fraction of sp³-hybridized carbons (Fsp3) is 1.00. The molecule has 0 bridgehead atoms. The number of ether oxygens (including phenoxy) is 1. The highest BCUT2D eigenvalue weighted by molar-refractivity contribution is 7.92. The fourth-order valence-corrected chi connectivity index (χ4v) is 2.04. The van der Waals surface area contributed by atoms with Gasteiger partial charge in [-0.1, -0.05) is 0 Å². The van der Waals surface area contributed by atoms with Crippen molar-refractivity contribution in [2.24, 2.45) is 5.92 Å². The number of sulfone groups is 1. The predicted molar refractivity (Wildman–Crippen MR) is 65.3 cm³/mol. The lowest BCUT2D eigenvalue weighted by Gasteiger charge is -2.26. The minimum Gasteiger partial charge on any atom is -0.381 e. The van der Waals surface area contributed by atoms with Gasteiger partial charge in [0.25, 0.3) is 0 Å². The van der Waals surface area contributed by atoms with Gasteiger partial charge in [-0.25, -0.2) is 8.42 Å². The van der Waals surface area contributed by atoms with E-state index in [0.29, 0.717) is 12.5 Å². The second kappa shape index (κ2) is 5.47. The summed E-state index contributed by atoms with van der Waals surface area (Å²) in [5.41, 5.74) is 0. The highest BCUT2D eigenvalue weighted by atomic mass is 32.2. The first-order valence-electron chi connectivity index (χ1n) is 5.81. The van der Waals surface area contributed by atoms with Crippen molar-refractivity contribution >= 4 is 9.84 Å². The van der Waals surface area contributed by atoms with Crippen LogP contribution >= 0.6 is 0 Å². The first-order chi connectivity index (χ1) is 7.33. The minimum atomic E-state index is -3.00. The molecule has 0 radical (unpaired) electrons. The van der Waals surface area contributed by atoms with Crippen molar-refractivity contribution in [2.75, 3.05) is 32.6 Å². The number of nitrogens with one attached hydrogen (secondary N) is 1. The summed E-state index contributed by atoms with van der Waals surface area (Å²) in [6.07, 6.45) is 3.58. The number of rotatable bonds is 5. The SMILES string of the molecule is CC(C)(CNCC1CCCOC1)S(C)(=O)=O. The van der Waals surface area contributed by atoms with E-state index in [1.54, 1.807) is 13.8 Å². The first-order valence-corrected chi connectivity index (χ1v) is 7.70. The molecule has 96 valence electrons. The van der Waals surface area contributed by atoms with Crippen LogP contribution in [0.3, 0.4) is 0 Å². The van der Waals surface area contributed by atoms with Gasteiger partial charge in [0.05, 0.1) is 11.4 Å². The maximum absolute atomic E-state index is 11.5. The van der Waals surface area contributed by atoms with Gasteiger partial charge in [-0.3, -0.25) is 0 Å². The molecule has 1 saturated heterocycles. The molecule has 0 spiro atoms. The van der Waals surface area contributed by atoms with Crippen LogP contribution < -0.4 is 5.32 Å². The van der Waals surface area contributed by atoms with E-state index in [1.807, 2.05) is 0 Å². The minimum absolute atomic E-state index is 0.502. The molecule has 1 atom stereocenters. The Morgan fingerprint density at radius 3 is 2.62 bits per heavy atom. The Morgan fingerprint density at radius 2 is 2.12 bits per heavy atom. The molecule has 1 N–H and O–H groups in total. The highest BCUT2D eigenvalue weighted by Crippen LogP contribution is 2.15. The van der Waals surface area contributed by atoms with Gasteiger partial charge in [-0.2, -0.15) is 0 Å². The Morgan fingerprint density at radius 1 is 1.44 bits per heavy atom. The van der Waals surface area contributed by atoms with Crippen LogP contribution in [0.15, 0.2) is 0 Å². The Hall–Kier alpha value is -0.130. The molecular formula is C11H23NO3S. The van der Waals surface area contributed by atoms with E-state index in [-0.39, 0.29) is 0 Å². The van der Waals surface area contributed by atoms with E-state index >= 15 is 0 Å². The molecule has 1 rings (SSSR count). The van der Waals surface area contributed by atoms with Gasteiger partial charge in [0.2, 0.25) is 0 Å². The Bertz CT molecular complexity index is 305. The Kier molecular flexibility index (Phi) is 4.76. The van der Waals surface area contributed by atoms with E-state index < -0.39 is 14.6 Å². The van der Waals surface area contributed by atoms with E-state index in [0.717, 1.165) is 26.2 Å². The summed E-state index contributed by atoms with van der Waals surface area (Å²) in [5, 5.41) is 3.24. The molecule has 1 fully saturated rings. The largest absolute Gasteiger partial charge is 0.381 e. The van der Waals surface area contributed by atoms with Gasteiger partial charge in [-0.15, -0.1) is 0 Å². The van der Waals surface area contributed by atoms with E-state index in [4.69, 9.17) is 4.74 Å². The van der Waals surface area contributed by atoms with Crippen molar-refractivity contribution in [3.63, 3.8) is 0 Å². The van der Waals surface area contributed by atoms with Crippen LogP contribution in [0.4, 0.5) is 0 Å².